The van der Waals surface area contributed by atoms with Gasteiger partial charge in [0, 0.05) is 30.9 Å². The zero-order valence-corrected chi connectivity index (χ0v) is 17.4. The number of halogens is 2. The van der Waals surface area contributed by atoms with Crippen LogP contribution in [-0.4, -0.2) is 41.5 Å². The van der Waals surface area contributed by atoms with Crippen molar-refractivity contribution in [2.75, 3.05) is 19.6 Å². The van der Waals surface area contributed by atoms with Crippen LogP contribution >= 0.6 is 24.8 Å². The summed E-state index contributed by atoms with van der Waals surface area (Å²) < 4.78 is 5.73. The number of nitrogens with one attached hydrogen (secondary N) is 1. The van der Waals surface area contributed by atoms with E-state index in [1.54, 1.807) is 12.4 Å². The summed E-state index contributed by atoms with van der Waals surface area (Å²) in [5.41, 5.74) is 0.716. The largest absolute Gasteiger partial charge is 0.456 e. The highest BCUT2D eigenvalue weighted by Gasteiger charge is 2.26. The first-order valence-electron chi connectivity index (χ1n) is 9.48. The second-order valence-corrected chi connectivity index (χ2v) is 7.23. The van der Waals surface area contributed by atoms with E-state index < -0.39 is 0 Å². The van der Waals surface area contributed by atoms with E-state index in [4.69, 9.17) is 4.74 Å². The fourth-order valence-electron chi connectivity index (χ4n) is 3.33. The molecule has 7 heteroatoms. The second-order valence-electron chi connectivity index (χ2n) is 7.23. The van der Waals surface area contributed by atoms with Crippen LogP contribution in [0.1, 0.15) is 36.0 Å². The molecule has 0 spiro atoms. The molecule has 1 aliphatic heterocycles. The van der Waals surface area contributed by atoms with Crippen molar-refractivity contribution in [2.24, 2.45) is 5.92 Å². The Morgan fingerprint density at radius 1 is 1.04 bits per heavy atom. The molecule has 1 aromatic carbocycles. The number of pyridine rings is 1. The summed E-state index contributed by atoms with van der Waals surface area (Å²) in [6.45, 7) is 2.81. The summed E-state index contributed by atoms with van der Waals surface area (Å²) in [4.78, 5) is 18.7. The average molecular weight is 424 g/mol. The third kappa shape index (κ3) is 6.09. The third-order valence-electron chi connectivity index (χ3n) is 5.15. The zero-order chi connectivity index (χ0) is 17.8. The number of amides is 1. The molecule has 1 saturated heterocycles. The number of ether oxygens (including phenoxy) is 1. The maximum absolute atomic E-state index is 12.7. The van der Waals surface area contributed by atoms with Gasteiger partial charge in [0.1, 0.15) is 11.5 Å². The first-order valence-corrected chi connectivity index (χ1v) is 9.48. The Morgan fingerprint density at radius 3 is 2.36 bits per heavy atom. The van der Waals surface area contributed by atoms with Crippen molar-refractivity contribution in [1.82, 2.24) is 15.2 Å². The van der Waals surface area contributed by atoms with E-state index >= 15 is 0 Å². The van der Waals surface area contributed by atoms with Gasteiger partial charge in [-0.3, -0.25) is 9.78 Å². The number of aromatic nitrogens is 1. The minimum absolute atomic E-state index is 0. The minimum Gasteiger partial charge on any atom is -0.456 e. The number of piperidine rings is 1. The molecule has 1 aliphatic carbocycles. The van der Waals surface area contributed by atoms with E-state index in [9.17, 15) is 4.79 Å². The van der Waals surface area contributed by atoms with Crippen molar-refractivity contribution in [3.8, 4) is 11.5 Å². The molecular weight excluding hydrogens is 397 g/mol. The van der Waals surface area contributed by atoms with Gasteiger partial charge in [0.25, 0.3) is 5.91 Å². The van der Waals surface area contributed by atoms with Crippen LogP contribution in [0.4, 0.5) is 0 Å². The van der Waals surface area contributed by atoms with Crippen molar-refractivity contribution >= 4 is 30.7 Å². The molecule has 2 fully saturated rings. The Kier molecular flexibility index (Phi) is 8.55. The summed E-state index contributed by atoms with van der Waals surface area (Å²) in [5.74, 6) is 2.41. The molecule has 2 heterocycles. The number of rotatable bonds is 6. The molecule has 0 unspecified atom stereocenters. The SMILES string of the molecule is Cl.Cl.O=C(c1ccc(Oc2cccnc2)cc1)N1CCC(NCC2CC2)CC1. The maximum atomic E-state index is 12.7. The quantitative estimate of drug-likeness (QED) is 0.751. The van der Waals surface area contributed by atoms with Crippen LogP contribution in [0.25, 0.3) is 0 Å². The number of carbonyl (C=O) groups excluding carboxylic acids is 1. The Bertz CT molecular complexity index is 731. The molecule has 2 aliphatic rings. The molecule has 1 N–H and O–H groups in total. The van der Waals surface area contributed by atoms with Crippen molar-refractivity contribution in [2.45, 2.75) is 31.7 Å². The first-order chi connectivity index (χ1) is 12.8. The Labute approximate surface area is 178 Å². The Balaban J connectivity index is 0.00000140. The number of hydrogen-bond donors (Lipinski definition) is 1. The van der Waals surface area contributed by atoms with Crippen molar-refractivity contribution in [1.29, 1.82) is 0 Å². The molecule has 152 valence electrons. The lowest BCUT2D eigenvalue weighted by atomic mass is 10.0. The van der Waals surface area contributed by atoms with E-state index in [0.29, 0.717) is 23.1 Å². The lowest BCUT2D eigenvalue weighted by molar-refractivity contribution is 0.0705. The summed E-state index contributed by atoms with van der Waals surface area (Å²) in [6, 6.07) is 11.6. The molecule has 1 aromatic heterocycles. The second kappa shape index (κ2) is 10.6. The van der Waals surface area contributed by atoms with Gasteiger partial charge in [-0.25, -0.2) is 0 Å². The summed E-state index contributed by atoms with van der Waals surface area (Å²) in [7, 11) is 0. The zero-order valence-electron chi connectivity index (χ0n) is 15.8. The fourth-order valence-corrected chi connectivity index (χ4v) is 3.33. The lowest BCUT2D eigenvalue weighted by Crippen LogP contribution is -2.45. The summed E-state index contributed by atoms with van der Waals surface area (Å²) in [5, 5.41) is 3.65. The molecule has 2 aromatic rings. The van der Waals surface area contributed by atoms with E-state index in [2.05, 4.69) is 10.3 Å². The van der Waals surface area contributed by atoms with Crippen LogP contribution < -0.4 is 10.1 Å². The monoisotopic (exact) mass is 423 g/mol. The van der Waals surface area contributed by atoms with Gasteiger partial charge >= 0.3 is 0 Å². The number of benzene rings is 1. The highest BCUT2D eigenvalue weighted by molar-refractivity contribution is 5.94. The minimum atomic E-state index is 0. The number of carbonyl (C=O) groups is 1. The Morgan fingerprint density at radius 2 is 1.75 bits per heavy atom. The van der Waals surface area contributed by atoms with Crippen molar-refractivity contribution in [3.05, 3.63) is 54.4 Å². The van der Waals surface area contributed by atoms with Gasteiger partial charge in [-0.15, -0.1) is 24.8 Å². The summed E-state index contributed by atoms with van der Waals surface area (Å²) >= 11 is 0. The van der Waals surface area contributed by atoms with Gasteiger partial charge in [0.2, 0.25) is 0 Å². The van der Waals surface area contributed by atoms with E-state index in [1.807, 2.05) is 41.3 Å². The van der Waals surface area contributed by atoms with Crippen molar-refractivity contribution < 1.29 is 9.53 Å². The average Bonchev–Trinajstić information content (AvgIpc) is 3.52. The molecule has 0 bridgehead atoms. The van der Waals surface area contributed by atoms with Gasteiger partial charge in [-0.05, 0) is 74.5 Å². The standard InChI is InChI=1S/C21H25N3O2.2ClH/c25-21(24-12-9-18(10-13-24)23-14-16-3-4-16)17-5-7-19(8-6-17)26-20-2-1-11-22-15-20;;/h1-2,5-8,11,15-16,18,23H,3-4,9-10,12-14H2;2*1H. The highest BCUT2D eigenvalue weighted by atomic mass is 35.5. The van der Waals surface area contributed by atoms with Crippen molar-refractivity contribution in [3.63, 3.8) is 0 Å². The van der Waals surface area contributed by atoms with Crippen LogP contribution in [0, 0.1) is 5.92 Å². The number of hydrogen-bond acceptors (Lipinski definition) is 4. The van der Waals surface area contributed by atoms with Gasteiger partial charge in [0.15, 0.2) is 0 Å². The normalized spacial score (nSPS) is 16.6. The van der Waals surface area contributed by atoms with E-state index in [-0.39, 0.29) is 30.7 Å². The van der Waals surface area contributed by atoms with Crippen LogP contribution in [-0.2, 0) is 0 Å². The third-order valence-corrected chi connectivity index (χ3v) is 5.15. The number of likely N-dealkylation sites (tertiary alicyclic amines) is 1. The smallest absolute Gasteiger partial charge is 0.253 e. The highest BCUT2D eigenvalue weighted by Crippen LogP contribution is 2.28. The predicted octanol–water partition coefficient (Wildman–Crippen LogP) is 4.32. The van der Waals surface area contributed by atoms with Crippen LogP contribution in [0.15, 0.2) is 48.8 Å². The molecule has 4 rings (SSSR count). The van der Waals surface area contributed by atoms with Crippen LogP contribution in [0.3, 0.4) is 0 Å². The molecule has 0 atom stereocenters. The molecule has 28 heavy (non-hydrogen) atoms. The lowest BCUT2D eigenvalue weighted by Gasteiger charge is -2.32. The topological polar surface area (TPSA) is 54.5 Å². The Hall–Kier alpha value is -1.82. The maximum Gasteiger partial charge on any atom is 0.253 e. The predicted molar refractivity (Wildman–Crippen MR) is 115 cm³/mol. The molecule has 1 saturated carbocycles. The fraction of sp³-hybridized carbons (Fsp3) is 0.429. The molecule has 5 nitrogen and oxygen atoms in total. The van der Waals surface area contributed by atoms with Gasteiger partial charge in [-0.1, -0.05) is 0 Å². The van der Waals surface area contributed by atoms with E-state index in [0.717, 1.165) is 38.4 Å². The van der Waals surface area contributed by atoms with Crippen LogP contribution in [0.5, 0.6) is 11.5 Å². The first kappa shape index (κ1) is 22.5. The van der Waals surface area contributed by atoms with E-state index in [1.165, 1.54) is 12.8 Å². The molecule has 1 amide bonds. The van der Waals surface area contributed by atoms with Gasteiger partial charge < -0.3 is 15.0 Å². The molecule has 0 radical (unpaired) electrons. The van der Waals surface area contributed by atoms with Gasteiger partial charge in [0.05, 0.1) is 6.20 Å². The van der Waals surface area contributed by atoms with Crippen LogP contribution in [0.2, 0.25) is 0 Å². The summed E-state index contributed by atoms with van der Waals surface area (Å²) in [6.07, 6.45) is 8.22. The molecular formula is C21H27Cl2N3O2. The van der Waals surface area contributed by atoms with Gasteiger partial charge in [-0.2, -0.15) is 0 Å². The number of nitrogens with zero attached hydrogens (tertiary/aromatic N) is 2.